The number of ketones is 1. The van der Waals surface area contributed by atoms with Gasteiger partial charge in [0, 0.05) is 37.0 Å². The molecular formula is C50H71N5Na2O12S3. The molecule has 0 fully saturated rings. The molecule has 5 N–H and O–H groups in total. The average molecular weight is 1080 g/mol. The van der Waals surface area contributed by atoms with Gasteiger partial charge in [0.1, 0.15) is 16.5 Å². The zero-order chi connectivity index (χ0) is 51.9. The van der Waals surface area contributed by atoms with E-state index in [9.17, 15) is 53.8 Å². The van der Waals surface area contributed by atoms with Crippen LogP contribution in [0.25, 0.3) is 10.8 Å². The number of azo groups is 1. The molecule has 72 heavy (non-hydrogen) atoms. The van der Waals surface area contributed by atoms with Gasteiger partial charge in [-0.3, -0.25) is 23.5 Å². The summed E-state index contributed by atoms with van der Waals surface area (Å²) in [5, 5.41) is 23.6. The fourth-order valence-corrected chi connectivity index (χ4v) is 10.4. The van der Waals surface area contributed by atoms with E-state index in [0.717, 1.165) is 50.8 Å². The summed E-state index contributed by atoms with van der Waals surface area (Å²) in [5.41, 5.74) is -1.59. The van der Waals surface area contributed by atoms with Crippen LogP contribution < -0.4 is 10.6 Å². The van der Waals surface area contributed by atoms with Crippen LogP contribution in [-0.2, 0) is 44.6 Å². The van der Waals surface area contributed by atoms with Crippen LogP contribution in [0.15, 0.2) is 91.6 Å². The first kappa shape index (κ1) is 65.0. The van der Waals surface area contributed by atoms with Gasteiger partial charge in [-0.05, 0) is 72.0 Å². The Morgan fingerprint density at radius 3 is 1.61 bits per heavy atom. The Kier molecular flexibility index (Phi) is 26.9. The van der Waals surface area contributed by atoms with Crippen LogP contribution in [0.2, 0.25) is 0 Å². The topological polar surface area (TPSA) is 266 Å². The van der Waals surface area contributed by atoms with E-state index in [-0.39, 0.29) is 97.4 Å². The summed E-state index contributed by atoms with van der Waals surface area (Å²) in [7, 11) is -12.3. The van der Waals surface area contributed by atoms with Crippen molar-refractivity contribution in [3.05, 3.63) is 72.3 Å². The molecule has 0 spiro atoms. The second-order valence-corrected chi connectivity index (χ2v) is 23.6. The molecule has 2 amide bonds. The van der Waals surface area contributed by atoms with E-state index < -0.39 is 80.4 Å². The van der Waals surface area contributed by atoms with E-state index in [1.54, 1.807) is 27.8 Å². The van der Waals surface area contributed by atoms with Crippen molar-refractivity contribution in [1.82, 2.24) is 4.31 Å². The molecule has 1 atom stereocenters. The van der Waals surface area contributed by atoms with Gasteiger partial charge in [0.25, 0.3) is 20.2 Å². The van der Waals surface area contributed by atoms with E-state index in [1.165, 1.54) is 130 Å². The molecule has 4 aromatic carbocycles. The number of aromatic hydroxyl groups is 1. The molecule has 0 saturated carbocycles. The van der Waals surface area contributed by atoms with Crippen molar-refractivity contribution in [2.75, 3.05) is 24.2 Å². The van der Waals surface area contributed by atoms with Crippen LogP contribution >= 0.6 is 0 Å². The molecule has 0 saturated heterocycles. The number of benzene rings is 4. The summed E-state index contributed by atoms with van der Waals surface area (Å²) >= 11 is 0. The third-order valence-corrected chi connectivity index (χ3v) is 15.5. The average Bonchev–Trinajstić information content (AvgIpc) is 3.27. The fourth-order valence-electron chi connectivity index (χ4n) is 7.99. The summed E-state index contributed by atoms with van der Waals surface area (Å²) < 4.78 is 96.7. The zero-order valence-electron chi connectivity index (χ0n) is 41.0. The molecule has 0 aliphatic carbocycles. The number of fused-ring (bicyclic) bond motifs is 1. The predicted octanol–water partition coefficient (Wildman–Crippen LogP) is 10.3. The first-order valence-corrected chi connectivity index (χ1v) is 28.2. The molecule has 22 heteroatoms. The van der Waals surface area contributed by atoms with Crippen LogP contribution in [0.4, 0.5) is 22.7 Å². The van der Waals surface area contributed by atoms with Crippen LogP contribution in [0.5, 0.6) is 5.75 Å². The zero-order valence-corrected chi connectivity index (χ0v) is 43.5. The van der Waals surface area contributed by atoms with Crippen LogP contribution in [0.3, 0.4) is 0 Å². The Balaban J connectivity index is 0.00000888. The summed E-state index contributed by atoms with van der Waals surface area (Å²) in [6.45, 7) is 8.65. The van der Waals surface area contributed by atoms with Gasteiger partial charge >= 0.3 is 59.1 Å². The number of amides is 2. The van der Waals surface area contributed by atoms with Gasteiger partial charge in [-0.1, -0.05) is 136 Å². The molecule has 1 unspecified atom stereocenters. The van der Waals surface area contributed by atoms with Gasteiger partial charge in [0.05, 0.1) is 21.2 Å². The molecule has 4 aromatic rings. The number of hydrogen-bond donors (Lipinski definition) is 5. The van der Waals surface area contributed by atoms with Crippen molar-refractivity contribution in [2.45, 2.75) is 158 Å². The molecule has 0 aromatic heterocycles. The molecule has 0 aliphatic rings. The number of carbonyl (C=O) groups excluding carboxylic acids is 3. The number of phenols is 1. The van der Waals surface area contributed by atoms with Crippen LogP contribution in [0.1, 0.15) is 149 Å². The molecular weight excluding hydrogens is 1000 g/mol. The Hall–Kier alpha value is -3.12. The summed E-state index contributed by atoms with van der Waals surface area (Å²) in [6, 6.07) is 13.7. The van der Waals surface area contributed by atoms with Crippen molar-refractivity contribution >= 4 is 140 Å². The minimum atomic E-state index is -5.17. The van der Waals surface area contributed by atoms with Crippen LogP contribution in [0, 0.1) is 5.41 Å². The number of nitrogens with zero attached hydrogens (tertiary/aromatic N) is 3. The molecule has 4 rings (SSSR count). The SMILES string of the molecule is CCCCCCCCCCCCCCCCCCN(C)S(=O)(=O)c1ccc(NC(=O)C(C(=O)C(C)(C)C)c2ccc(/N=N/c3c(S(=O)(=O)O)cc4cc(S(=O)(=O)O)cc(NC(C)=O)c4c3O)cc2)cc1.[NaH].[NaH]. The van der Waals surface area contributed by atoms with Gasteiger partial charge in [-0.15, -0.1) is 5.11 Å². The number of Topliss-reactive ketones (excluding diaryl/α,β-unsaturated/α-hetero) is 1. The van der Waals surface area contributed by atoms with Gasteiger partial charge in [-0.25, -0.2) is 12.7 Å². The summed E-state index contributed by atoms with van der Waals surface area (Å²) in [6.07, 6.45) is 19.6. The fraction of sp³-hybridized carbons (Fsp3) is 0.500. The standard InChI is InChI=1S/C50H69N5O12S3.2Na.2H/c1-7-8-9-10-11-12-13-14-15-16-17-18-19-20-21-22-31-55(6)68(60,61)40-29-27-38(28-30-40)52-49(59)45(48(58)50(3,4)5)36-23-25-39(26-24-36)53-54-46-43(70(65,66)67)33-37-32-41(69(62,63)64)34-42(51-35(2)56)44(37)47(46)57;;;;/h23-30,32-34,45,57H,7-22,31H2,1-6H3,(H,51,56)(H,52,59)(H,62,63,64)(H,65,66,67);;;;/b54-53+;;;;. The third kappa shape index (κ3) is 19.5. The van der Waals surface area contributed by atoms with Gasteiger partial charge in [0.2, 0.25) is 21.8 Å². The van der Waals surface area contributed by atoms with E-state index in [1.807, 2.05) is 0 Å². The molecule has 17 nitrogen and oxygen atoms in total. The Bertz CT molecular complexity index is 2820. The Morgan fingerprint density at radius 1 is 0.653 bits per heavy atom. The molecule has 0 aliphatic heterocycles. The minimum absolute atomic E-state index is 0. The summed E-state index contributed by atoms with van der Waals surface area (Å²) in [4.78, 5) is 37.9. The number of carbonyl (C=O) groups is 3. The van der Waals surface area contributed by atoms with E-state index in [4.69, 9.17) is 0 Å². The molecule has 0 bridgehead atoms. The molecule has 0 heterocycles. The second kappa shape index (κ2) is 29.8. The third-order valence-electron chi connectivity index (χ3n) is 11.9. The number of anilines is 2. The number of rotatable bonds is 28. The molecule has 388 valence electrons. The predicted molar refractivity (Wildman–Crippen MR) is 286 cm³/mol. The quantitative estimate of drug-likeness (QED) is 0.0117. The van der Waals surface area contributed by atoms with Crippen molar-refractivity contribution in [1.29, 1.82) is 0 Å². The van der Waals surface area contributed by atoms with Crippen molar-refractivity contribution in [2.24, 2.45) is 15.6 Å². The second-order valence-electron chi connectivity index (χ2n) is 18.8. The van der Waals surface area contributed by atoms with Crippen LogP contribution in [-0.4, -0.2) is 134 Å². The number of hydrogen-bond acceptors (Lipinski definition) is 12. The van der Waals surface area contributed by atoms with Crippen molar-refractivity contribution in [3.8, 4) is 5.75 Å². The van der Waals surface area contributed by atoms with Gasteiger partial charge in [-0.2, -0.15) is 21.9 Å². The van der Waals surface area contributed by atoms with E-state index in [2.05, 4.69) is 27.8 Å². The van der Waals surface area contributed by atoms with Crippen molar-refractivity contribution in [3.63, 3.8) is 0 Å². The Morgan fingerprint density at radius 2 is 1.15 bits per heavy atom. The van der Waals surface area contributed by atoms with E-state index in [0.29, 0.717) is 6.54 Å². The van der Waals surface area contributed by atoms with Crippen molar-refractivity contribution < 1.29 is 53.8 Å². The monoisotopic (exact) mass is 1080 g/mol. The maximum absolute atomic E-state index is 13.9. The first-order chi connectivity index (χ1) is 32.9. The van der Waals surface area contributed by atoms with E-state index >= 15 is 0 Å². The number of phenolic OH excluding ortho intramolecular Hbond substituents is 1. The molecule has 0 radical (unpaired) electrons. The maximum atomic E-state index is 13.9. The van der Waals surface area contributed by atoms with Gasteiger partial charge in [0.15, 0.2) is 11.5 Å². The summed E-state index contributed by atoms with van der Waals surface area (Å²) in [5.74, 6) is -4.13. The number of sulfonamides is 1. The van der Waals surface area contributed by atoms with Gasteiger partial charge < -0.3 is 15.7 Å². The number of unbranched alkanes of at least 4 members (excludes halogenated alkanes) is 15. The Labute approximate surface area is 470 Å². The normalized spacial score (nSPS) is 12.6. The number of nitrogens with one attached hydrogen (secondary N) is 2. The first-order valence-electron chi connectivity index (χ1n) is 23.9.